The molecule has 0 radical (unpaired) electrons. The van der Waals surface area contributed by atoms with Crippen molar-refractivity contribution in [3.63, 3.8) is 0 Å². The summed E-state index contributed by atoms with van der Waals surface area (Å²) < 4.78 is 6.84. The molecule has 3 aromatic carbocycles. The number of carboxylic acids is 1. The molecule has 1 fully saturated rings. The third kappa shape index (κ3) is 8.06. The number of rotatable bonds is 11. The molecule has 1 unspecified atom stereocenters. The van der Waals surface area contributed by atoms with Gasteiger partial charge in [0.2, 0.25) is 5.91 Å². The van der Waals surface area contributed by atoms with Gasteiger partial charge in [-0.25, -0.2) is 4.79 Å². The van der Waals surface area contributed by atoms with E-state index in [1.807, 2.05) is 18.2 Å². The number of aromatic nitrogens is 4. The van der Waals surface area contributed by atoms with Gasteiger partial charge in [0, 0.05) is 47.5 Å². The molecule has 0 bridgehead atoms. The number of ether oxygens (including phenoxy) is 1. The lowest BCUT2D eigenvalue weighted by molar-refractivity contribution is -0.117. The SMILES string of the molecule is O=C(/C=C/c1cc(Cl)ccc1-n1cnnn1)NC(CNc1ccc(C(=O)O)cc1)Cc1cccc(C(=O)N2CCOCC2)c1. The Morgan fingerprint density at radius 2 is 1.82 bits per heavy atom. The van der Waals surface area contributed by atoms with Gasteiger partial charge in [0.1, 0.15) is 6.33 Å². The molecule has 0 spiro atoms. The second kappa shape index (κ2) is 14.4. The van der Waals surface area contributed by atoms with E-state index in [0.29, 0.717) is 66.8 Å². The minimum absolute atomic E-state index is 0.0600. The molecule has 13 heteroatoms. The number of tetrazole rings is 1. The Bertz CT molecular complexity index is 1640. The highest BCUT2D eigenvalue weighted by Crippen LogP contribution is 2.20. The van der Waals surface area contributed by atoms with E-state index in [-0.39, 0.29) is 17.4 Å². The van der Waals surface area contributed by atoms with Gasteiger partial charge >= 0.3 is 5.97 Å². The van der Waals surface area contributed by atoms with E-state index in [2.05, 4.69) is 26.2 Å². The zero-order valence-corrected chi connectivity index (χ0v) is 24.4. The van der Waals surface area contributed by atoms with Gasteiger partial charge in [-0.15, -0.1) is 5.10 Å². The Hall–Kier alpha value is -5.07. The van der Waals surface area contributed by atoms with Crippen LogP contribution >= 0.6 is 11.6 Å². The Kier molecular flexibility index (Phi) is 9.95. The number of nitrogens with zero attached hydrogens (tertiary/aromatic N) is 5. The van der Waals surface area contributed by atoms with E-state index in [1.54, 1.807) is 47.4 Å². The minimum atomic E-state index is -1.01. The first-order valence-electron chi connectivity index (χ1n) is 13.9. The molecule has 44 heavy (non-hydrogen) atoms. The molecule has 1 aliphatic heterocycles. The summed E-state index contributed by atoms with van der Waals surface area (Å²) in [7, 11) is 0. The molecule has 1 aromatic heterocycles. The summed E-state index contributed by atoms with van der Waals surface area (Å²) in [4.78, 5) is 39.2. The van der Waals surface area contributed by atoms with E-state index < -0.39 is 12.0 Å². The van der Waals surface area contributed by atoms with Crippen LogP contribution in [0.15, 0.2) is 79.1 Å². The van der Waals surface area contributed by atoms with Gasteiger partial charge in [0.05, 0.1) is 30.5 Å². The van der Waals surface area contributed by atoms with Gasteiger partial charge in [0.25, 0.3) is 5.91 Å². The van der Waals surface area contributed by atoms with Crippen molar-refractivity contribution in [3.8, 4) is 5.69 Å². The average molecular weight is 616 g/mol. The molecule has 0 saturated carbocycles. The van der Waals surface area contributed by atoms with E-state index in [9.17, 15) is 19.5 Å². The van der Waals surface area contributed by atoms with Crippen molar-refractivity contribution in [2.75, 3.05) is 38.2 Å². The Labute approximate surface area is 258 Å². The second-order valence-electron chi connectivity index (χ2n) is 10.1. The van der Waals surface area contributed by atoms with Crippen LogP contribution in [-0.2, 0) is 16.0 Å². The van der Waals surface area contributed by atoms with Crippen molar-refractivity contribution in [1.29, 1.82) is 0 Å². The fourth-order valence-corrected chi connectivity index (χ4v) is 4.95. The molecule has 3 N–H and O–H groups in total. The number of benzene rings is 3. The smallest absolute Gasteiger partial charge is 0.335 e. The number of amides is 2. The van der Waals surface area contributed by atoms with Crippen molar-refractivity contribution in [3.05, 3.63) is 106 Å². The molecule has 1 saturated heterocycles. The van der Waals surface area contributed by atoms with Crippen LogP contribution in [0.2, 0.25) is 5.02 Å². The molecule has 5 rings (SSSR count). The van der Waals surface area contributed by atoms with Crippen LogP contribution in [0.1, 0.15) is 31.8 Å². The maximum Gasteiger partial charge on any atom is 0.335 e. The van der Waals surface area contributed by atoms with Gasteiger partial charge in [-0.1, -0.05) is 23.7 Å². The molecule has 2 heterocycles. The number of carbonyl (C=O) groups is 3. The normalized spacial score (nSPS) is 13.9. The first-order valence-corrected chi connectivity index (χ1v) is 14.3. The number of anilines is 1. The number of aromatic carboxylic acids is 1. The monoisotopic (exact) mass is 615 g/mol. The van der Waals surface area contributed by atoms with Crippen LogP contribution in [-0.4, -0.2) is 86.9 Å². The largest absolute Gasteiger partial charge is 0.478 e. The summed E-state index contributed by atoms with van der Waals surface area (Å²) in [6.45, 7) is 2.44. The highest BCUT2D eigenvalue weighted by Gasteiger charge is 2.20. The highest BCUT2D eigenvalue weighted by atomic mass is 35.5. The van der Waals surface area contributed by atoms with E-state index in [1.165, 1.54) is 29.2 Å². The number of morpholine rings is 1. The summed E-state index contributed by atoms with van der Waals surface area (Å²) in [5.74, 6) is -1.42. The van der Waals surface area contributed by atoms with Gasteiger partial charge in [-0.05, 0) is 83.1 Å². The van der Waals surface area contributed by atoms with E-state index >= 15 is 0 Å². The van der Waals surface area contributed by atoms with Gasteiger partial charge in [0.15, 0.2) is 0 Å². The topological polar surface area (TPSA) is 152 Å². The molecule has 12 nitrogen and oxygen atoms in total. The number of carbonyl (C=O) groups excluding carboxylic acids is 2. The Balaban J connectivity index is 1.32. The zero-order valence-electron chi connectivity index (χ0n) is 23.6. The minimum Gasteiger partial charge on any atom is -0.478 e. The van der Waals surface area contributed by atoms with Crippen molar-refractivity contribution in [1.82, 2.24) is 30.4 Å². The van der Waals surface area contributed by atoms with Crippen LogP contribution in [0.25, 0.3) is 11.8 Å². The van der Waals surface area contributed by atoms with Crippen molar-refractivity contribution >= 4 is 41.1 Å². The van der Waals surface area contributed by atoms with E-state index in [4.69, 9.17) is 16.3 Å². The number of halogens is 1. The van der Waals surface area contributed by atoms with Crippen LogP contribution in [0.5, 0.6) is 0 Å². The molecule has 2 amide bonds. The first kappa shape index (κ1) is 30.4. The average Bonchev–Trinajstić information content (AvgIpc) is 3.58. The van der Waals surface area contributed by atoms with Gasteiger partial charge < -0.3 is 25.4 Å². The van der Waals surface area contributed by atoms with Crippen molar-refractivity contribution in [2.45, 2.75) is 12.5 Å². The molecule has 4 aromatic rings. The van der Waals surface area contributed by atoms with Crippen LogP contribution in [0.3, 0.4) is 0 Å². The number of carboxylic acid groups (broad SMARTS) is 1. The summed E-state index contributed by atoms with van der Waals surface area (Å²) >= 11 is 6.21. The standard InChI is InChI=1S/C31H30ClN7O5/c32-25-7-10-28(39-20-34-36-37-39)23(18-25)6-11-29(40)35-27(19-33-26-8-4-22(5-9-26)31(42)43)17-21-2-1-3-24(16-21)30(41)38-12-14-44-15-13-38/h1-11,16,18,20,27,33H,12-15,17,19H2,(H,35,40)(H,42,43)/b11-6+. The lowest BCUT2D eigenvalue weighted by atomic mass is 10.0. The third-order valence-electron chi connectivity index (χ3n) is 6.98. The van der Waals surface area contributed by atoms with Crippen LogP contribution in [0.4, 0.5) is 5.69 Å². The molecule has 226 valence electrons. The van der Waals surface area contributed by atoms with Crippen molar-refractivity contribution in [2.24, 2.45) is 0 Å². The molecule has 1 atom stereocenters. The zero-order chi connectivity index (χ0) is 30.9. The second-order valence-corrected chi connectivity index (χ2v) is 10.5. The lowest BCUT2D eigenvalue weighted by Crippen LogP contribution is -2.41. The quantitative estimate of drug-likeness (QED) is 0.216. The van der Waals surface area contributed by atoms with E-state index in [0.717, 1.165) is 5.56 Å². The fraction of sp³-hybridized carbons (Fsp3) is 0.226. The number of hydrogen-bond acceptors (Lipinski definition) is 8. The first-order chi connectivity index (χ1) is 21.4. The van der Waals surface area contributed by atoms with Crippen LogP contribution < -0.4 is 10.6 Å². The fourth-order valence-electron chi connectivity index (χ4n) is 4.76. The van der Waals surface area contributed by atoms with Crippen molar-refractivity contribution < 1.29 is 24.2 Å². The number of hydrogen-bond donors (Lipinski definition) is 3. The Morgan fingerprint density at radius 1 is 1.02 bits per heavy atom. The van der Waals surface area contributed by atoms with Gasteiger partial charge in [-0.2, -0.15) is 4.68 Å². The summed E-state index contributed by atoms with van der Waals surface area (Å²) in [6, 6.07) is 18.5. The Morgan fingerprint density at radius 3 is 2.55 bits per heavy atom. The highest BCUT2D eigenvalue weighted by molar-refractivity contribution is 6.30. The maximum atomic E-state index is 13.2. The molecule has 0 aliphatic carbocycles. The maximum absolute atomic E-state index is 13.2. The molecular formula is C31H30ClN7O5. The summed E-state index contributed by atoms with van der Waals surface area (Å²) in [6.07, 6.45) is 4.92. The summed E-state index contributed by atoms with van der Waals surface area (Å²) in [5, 5.41) is 27.3. The van der Waals surface area contributed by atoms with Crippen LogP contribution in [0, 0.1) is 0 Å². The molecular weight excluding hydrogens is 586 g/mol. The predicted octanol–water partition coefficient (Wildman–Crippen LogP) is 3.34. The predicted molar refractivity (Wildman–Crippen MR) is 164 cm³/mol. The number of nitrogens with one attached hydrogen (secondary N) is 2. The summed E-state index contributed by atoms with van der Waals surface area (Å²) in [5.41, 5.74) is 3.61. The molecule has 1 aliphatic rings. The third-order valence-corrected chi connectivity index (χ3v) is 7.22. The lowest BCUT2D eigenvalue weighted by Gasteiger charge is -2.27. The van der Waals surface area contributed by atoms with Gasteiger partial charge in [-0.3, -0.25) is 9.59 Å².